The predicted octanol–water partition coefficient (Wildman–Crippen LogP) is 6.84. The number of esters is 4. The first kappa shape index (κ1) is 36.3. The van der Waals surface area contributed by atoms with E-state index in [1.54, 1.807) is 42.5 Å². The van der Waals surface area contributed by atoms with Crippen molar-refractivity contribution in [2.24, 2.45) is 11.8 Å². The number of halogens is 1. The largest absolute Gasteiger partial charge is 0.494 e. The number of carbonyl (C=O) groups is 6. The highest BCUT2D eigenvalue weighted by molar-refractivity contribution is 6.06. The number of cyclic esters (lactones) is 4. The first-order chi connectivity index (χ1) is 25.2. The summed E-state index contributed by atoms with van der Waals surface area (Å²) in [5, 5.41) is 0. The maximum absolute atomic E-state index is 13.1. The second-order valence-corrected chi connectivity index (χ2v) is 13.4. The fourth-order valence-electron chi connectivity index (χ4n) is 7.16. The van der Waals surface area contributed by atoms with Crippen LogP contribution in [0.1, 0.15) is 96.7 Å². The van der Waals surface area contributed by atoms with Gasteiger partial charge >= 0.3 is 23.9 Å². The van der Waals surface area contributed by atoms with Gasteiger partial charge in [0.15, 0.2) is 18.2 Å². The van der Waals surface area contributed by atoms with Crippen molar-refractivity contribution in [3.63, 3.8) is 0 Å². The number of ketones is 1. The third kappa shape index (κ3) is 8.70. The highest BCUT2D eigenvalue weighted by atomic mass is 19.1. The van der Waals surface area contributed by atoms with Crippen LogP contribution < -0.4 is 9.47 Å². The summed E-state index contributed by atoms with van der Waals surface area (Å²) in [7, 11) is 0. The van der Waals surface area contributed by atoms with E-state index in [0.717, 1.165) is 55.9 Å². The lowest BCUT2D eigenvalue weighted by atomic mass is 9.67. The summed E-state index contributed by atoms with van der Waals surface area (Å²) in [6.45, 7) is 0.462. The molecule has 2 heterocycles. The summed E-state index contributed by atoms with van der Waals surface area (Å²) in [4.78, 5) is 73.2. The third-order valence-electron chi connectivity index (χ3n) is 9.88. The van der Waals surface area contributed by atoms with Crippen molar-refractivity contribution in [1.29, 1.82) is 0 Å². The first-order valence-corrected chi connectivity index (χ1v) is 17.7. The lowest BCUT2D eigenvalue weighted by Crippen LogP contribution is -2.31. The van der Waals surface area contributed by atoms with Gasteiger partial charge in [-0.1, -0.05) is 50.0 Å². The second-order valence-electron chi connectivity index (χ2n) is 13.4. The maximum atomic E-state index is 13.1. The summed E-state index contributed by atoms with van der Waals surface area (Å²) < 4.78 is 34.7. The summed E-state index contributed by atoms with van der Waals surface area (Å²) in [5.74, 6) is -4.56. The summed E-state index contributed by atoms with van der Waals surface area (Å²) in [6, 6.07) is 17.8. The molecule has 10 nitrogen and oxygen atoms in total. The summed E-state index contributed by atoms with van der Waals surface area (Å²) >= 11 is 0. The van der Waals surface area contributed by atoms with Crippen LogP contribution >= 0.6 is 0 Å². The van der Waals surface area contributed by atoms with E-state index in [1.165, 1.54) is 30.3 Å². The zero-order valence-electron chi connectivity index (χ0n) is 28.5. The van der Waals surface area contributed by atoms with Crippen molar-refractivity contribution in [1.82, 2.24) is 0 Å². The van der Waals surface area contributed by atoms with Crippen LogP contribution in [0.4, 0.5) is 4.39 Å². The quantitative estimate of drug-likeness (QED) is 0.0366. The van der Waals surface area contributed by atoms with E-state index in [0.29, 0.717) is 35.7 Å². The molecule has 5 unspecified atom stereocenters. The molecule has 3 aromatic rings. The van der Waals surface area contributed by atoms with E-state index in [9.17, 15) is 33.2 Å². The highest BCUT2D eigenvalue weighted by Crippen LogP contribution is 2.51. The molecule has 2 saturated heterocycles. The van der Waals surface area contributed by atoms with E-state index >= 15 is 0 Å². The molecule has 1 aliphatic carbocycles. The first-order valence-electron chi connectivity index (χ1n) is 17.7. The summed E-state index contributed by atoms with van der Waals surface area (Å²) in [5.41, 5.74) is 2.52. The van der Waals surface area contributed by atoms with Crippen LogP contribution in [0.15, 0.2) is 72.8 Å². The standard InChI is InChI=1S/C41H39FO10/c42-27-13-11-26(12-14-27)36(44)19-10-25-8-15-28(16-9-25)50-30(24-43)7-5-3-1-2-4-6-20-49-29-17-18-31-32(34-23-37(45)51-39(34)46)22-35-38(33(31)21-29)41(48)52-40(35)47/h8-19,21,24,30,32,34-35,38H,1-7,20,22-23H2. The molecule has 3 aromatic carbocycles. The second kappa shape index (κ2) is 16.7. The molecule has 0 aromatic heterocycles. The van der Waals surface area contributed by atoms with Crippen LogP contribution in [0.25, 0.3) is 6.08 Å². The van der Waals surface area contributed by atoms with Crippen molar-refractivity contribution in [3.05, 3.63) is 101 Å². The number of ether oxygens (including phenoxy) is 4. The molecule has 0 N–H and O–H groups in total. The van der Waals surface area contributed by atoms with Gasteiger partial charge < -0.3 is 18.9 Å². The average molecular weight is 711 g/mol. The molecule has 5 atom stereocenters. The minimum absolute atomic E-state index is 0.0608. The Balaban J connectivity index is 0.891. The van der Waals surface area contributed by atoms with Crippen LogP contribution in [-0.2, 0) is 33.4 Å². The highest BCUT2D eigenvalue weighted by Gasteiger charge is 2.53. The van der Waals surface area contributed by atoms with Gasteiger partial charge in [-0.25, -0.2) is 4.39 Å². The van der Waals surface area contributed by atoms with Crippen LogP contribution in [-0.4, -0.2) is 48.7 Å². The molecule has 6 rings (SSSR count). The minimum atomic E-state index is -0.762. The number of carbonyl (C=O) groups excluding carboxylic acids is 6. The van der Waals surface area contributed by atoms with Gasteiger partial charge in [-0.15, -0.1) is 0 Å². The smallest absolute Gasteiger partial charge is 0.321 e. The molecular weight excluding hydrogens is 671 g/mol. The monoisotopic (exact) mass is 710 g/mol. The molecule has 0 bridgehead atoms. The molecule has 52 heavy (non-hydrogen) atoms. The minimum Gasteiger partial charge on any atom is -0.494 e. The fraction of sp³-hybridized carbons (Fsp3) is 0.366. The number of unbranched alkanes of at least 4 members (excludes halogenated alkanes) is 5. The van der Waals surface area contributed by atoms with Crippen molar-refractivity contribution in [2.75, 3.05) is 6.61 Å². The Morgan fingerprint density at radius 3 is 2.17 bits per heavy atom. The zero-order chi connectivity index (χ0) is 36.6. The molecule has 0 radical (unpaired) electrons. The fourth-order valence-corrected chi connectivity index (χ4v) is 7.16. The van der Waals surface area contributed by atoms with E-state index in [1.807, 2.05) is 6.07 Å². The predicted molar refractivity (Wildman–Crippen MR) is 185 cm³/mol. The van der Waals surface area contributed by atoms with Gasteiger partial charge in [-0.05, 0) is 103 Å². The van der Waals surface area contributed by atoms with E-state index in [4.69, 9.17) is 18.9 Å². The lowest BCUT2D eigenvalue weighted by Gasteiger charge is -2.33. The summed E-state index contributed by atoms with van der Waals surface area (Å²) in [6.07, 6.45) is 9.64. The molecule has 11 heteroatoms. The molecule has 0 spiro atoms. The SMILES string of the molecule is O=CC(CCCCCCCCOc1ccc2c(c1)C1C(=O)OC(=O)C1CC2C1CC(=O)OC1=O)Oc1ccc(C=CC(=O)c2ccc(F)cc2)cc1. The van der Waals surface area contributed by atoms with Crippen LogP contribution in [0.3, 0.4) is 0 Å². The number of hydrogen-bond donors (Lipinski definition) is 0. The topological polar surface area (TPSA) is 139 Å². The van der Waals surface area contributed by atoms with Gasteiger partial charge in [0.1, 0.15) is 17.3 Å². The lowest BCUT2D eigenvalue weighted by molar-refractivity contribution is -0.155. The number of hydrogen-bond acceptors (Lipinski definition) is 10. The normalized spacial score (nSPS) is 21.3. The van der Waals surface area contributed by atoms with Crippen LogP contribution in [0.2, 0.25) is 0 Å². The Hall–Kier alpha value is -5.45. The number of aldehydes is 1. The van der Waals surface area contributed by atoms with Gasteiger partial charge in [0, 0.05) is 5.56 Å². The number of fused-ring (bicyclic) bond motifs is 3. The Kier molecular flexibility index (Phi) is 11.7. The van der Waals surface area contributed by atoms with Gasteiger partial charge in [0.05, 0.1) is 30.8 Å². The van der Waals surface area contributed by atoms with Crippen LogP contribution in [0.5, 0.6) is 11.5 Å². The van der Waals surface area contributed by atoms with E-state index in [-0.39, 0.29) is 18.6 Å². The molecule has 0 saturated carbocycles. The Bertz CT molecular complexity index is 1850. The van der Waals surface area contributed by atoms with Gasteiger partial charge in [-0.3, -0.25) is 28.8 Å². The van der Waals surface area contributed by atoms with Gasteiger partial charge in [0.25, 0.3) is 0 Å². The number of rotatable bonds is 17. The molecule has 3 aliphatic rings. The van der Waals surface area contributed by atoms with E-state index in [2.05, 4.69) is 0 Å². The maximum Gasteiger partial charge on any atom is 0.321 e. The zero-order valence-corrected chi connectivity index (χ0v) is 28.5. The molecule has 0 amide bonds. The Morgan fingerprint density at radius 1 is 0.769 bits per heavy atom. The van der Waals surface area contributed by atoms with Gasteiger partial charge in [-0.2, -0.15) is 0 Å². The molecule has 2 fully saturated rings. The molecular formula is C41H39FO10. The third-order valence-corrected chi connectivity index (χ3v) is 9.88. The van der Waals surface area contributed by atoms with Crippen molar-refractivity contribution in [2.45, 2.75) is 75.7 Å². The number of allylic oxidation sites excluding steroid dienone is 1. The van der Waals surface area contributed by atoms with Crippen LogP contribution in [0, 0.1) is 17.7 Å². The molecule has 270 valence electrons. The number of benzene rings is 3. The Morgan fingerprint density at radius 2 is 1.46 bits per heavy atom. The van der Waals surface area contributed by atoms with Gasteiger partial charge in [0.2, 0.25) is 0 Å². The van der Waals surface area contributed by atoms with Crippen molar-refractivity contribution < 1.29 is 52.1 Å². The van der Waals surface area contributed by atoms with Crippen molar-refractivity contribution in [3.8, 4) is 11.5 Å². The van der Waals surface area contributed by atoms with Crippen molar-refractivity contribution >= 4 is 42.0 Å². The Labute approximate surface area is 300 Å². The van der Waals surface area contributed by atoms with E-state index < -0.39 is 59.5 Å². The average Bonchev–Trinajstić information content (AvgIpc) is 3.64. The molecule has 2 aliphatic heterocycles.